The van der Waals surface area contributed by atoms with Crippen LogP contribution in [0.2, 0.25) is 0 Å². The number of nitrogens with zero attached hydrogens (tertiary/aromatic N) is 4. The third-order valence-corrected chi connectivity index (χ3v) is 5.63. The quantitative estimate of drug-likeness (QED) is 0.697. The lowest BCUT2D eigenvalue weighted by Gasteiger charge is -2.26. The van der Waals surface area contributed by atoms with Gasteiger partial charge in [-0.05, 0) is 31.2 Å². The third-order valence-electron chi connectivity index (χ3n) is 4.60. The minimum Gasteiger partial charge on any atom is -0.494 e. The Kier molecular flexibility index (Phi) is 6.66. The average Bonchev–Trinajstić information content (AvgIpc) is 2.75. The second-order valence-corrected chi connectivity index (χ2v) is 7.65. The molecule has 1 atom stereocenters. The molecular weight excluding hydrogens is 406 g/mol. The molecule has 30 heavy (non-hydrogen) atoms. The number of thioether (sulfide) groups is 1. The molecule has 0 saturated carbocycles. The summed E-state index contributed by atoms with van der Waals surface area (Å²) in [7, 11) is 3.01. The highest BCUT2D eigenvalue weighted by Gasteiger charge is 2.49. The van der Waals surface area contributed by atoms with Crippen LogP contribution in [0.25, 0.3) is 0 Å². The van der Waals surface area contributed by atoms with Crippen molar-refractivity contribution in [2.24, 2.45) is 15.9 Å². The highest BCUT2D eigenvalue weighted by Crippen LogP contribution is 2.26. The van der Waals surface area contributed by atoms with Crippen molar-refractivity contribution in [2.45, 2.75) is 20.3 Å². The van der Waals surface area contributed by atoms with Crippen LogP contribution < -0.4 is 10.1 Å². The van der Waals surface area contributed by atoms with Gasteiger partial charge in [-0.2, -0.15) is 9.48 Å². The number of anilines is 1. The first-order chi connectivity index (χ1) is 14.3. The van der Waals surface area contributed by atoms with Gasteiger partial charge in [0.1, 0.15) is 10.8 Å². The average molecular weight is 431 g/mol. The van der Waals surface area contributed by atoms with E-state index in [1.165, 1.54) is 23.4 Å². The molecule has 0 aromatic heterocycles. The van der Waals surface area contributed by atoms with Gasteiger partial charge in [0.15, 0.2) is 5.92 Å². The Hall–Kier alpha value is -3.01. The summed E-state index contributed by atoms with van der Waals surface area (Å²) in [6.07, 6.45) is 0.546. The van der Waals surface area contributed by atoms with E-state index >= 15 is 0 Å². The molecule has 0 bridgehead atoms. The summed E-state index contributed by atoms with van der Waals surface area (Å²) in [5, 5.41) is 3.28. The first kappa shape index (κ1) is 21.7. The van der Waals surface area contributed by atoms with E-state index in [9.17, 15) is 14.4 Å². The lowest BCUT2D eigenvalue weighted by molar-refractivity contribution is -0.407. The molecule has 2 aliphatic heterocycles. The Labute approximate surface area is 178 Å². The zero-order chi connectivity index (χ0) is 21.8. The second kappa shape index (κ2) is 9.21. The summed E-state index contributed by atoms with van der Waals surface area (Å²) >= 11 is 1.18. The summed E-state index contributed by atoms with van der Waals surface area (Å²) in [4.78, 5) is 47.3. The van der Waals surface area contributed by atoms with Crippen molar-refractivity contribution >= 4 is 52.0 Å². The molecule has 0 fully saturated rings. The molecule has 3 rings (SSSR count). The van der Waals surface area contributed by atoms with Crippen LogP contribution >= 0.6 is 11.8 Å². The number of amidine groups is 2. The summed E-state index contributed by atoms with van der Waals surface area (Å²) in [5.41, 5.74) is 0.650. The number of urea groups is 1. The van der Waals surface area contributed by atoms with E-state index in [0.717, 1.165) is 10.6 Å². The summed E-state index contributed by atoms with van der Waals surface area (Å²) in [6.45, 7) is 4.37. The molecule has 4 amide bonds. The van der Waals surface area contributed by atoms with E-state index in [1.54, 1.807) is 31.3 Å². The van der Waals surface area contributed by atoms with Crippen LogP contribution in [0.5, 0.6) is 5.75 Å². The van der Waals surface area contributed by atoms with Gasteiger partial charge >= 0.3 is 11.9 Å². The van der Waals surface area contributed by atoms with Gasteiger partial charge in [0.25, 0.3) is 5.84 Å². The molecule has 158 valence electrons. The number of hydrogen-bond donors (Lipinski definition) is 1. The molecule has 0 spiro atoms. The van der Waals surface area contributed by atoms with Crippen molar-refractivity contribution in [1.82, 2.24) is 4.90 Å². The molecule has 2 aliphatic rings. The van der Waals surface area contributed by atoms with E-state index < -0.39 is 17.9 Å². The van der Waals surface area contributed by atoms with Gasteiger partial charge in [-0.15, -0.1) is 0 Å². The minimum atomic E-state index is -0.781. The number of nitrogens with one attached hydrogen (secondary N) is 1. The zero-order valence-electron chi connectivity index (χ0n) is 17.3. The first-order valence-corrected chi connectivity index (χ1v) is 10.6. The number of benzene rings is 1. The van der Waals surface area contributed by atoms with Gasteiger partial charge < -0.3 is 10.1 Å². The molecule has 1 aromatic rings. The largest absolute Gasteiger partial charge is 0.494 e. The van der Waals surface area contributed by atoms with Crippen LogP contribution in [0.3, 0.4) is 0 Å². The molecule has 2 heterocycles. The lowest BCUT2D eigenvalue weighted by Crippen LogP contribution is -2.54. The Morgan fingerprint density at radius 2 is 1.93 bits per heavy atom. The highest BCUT2D eigenvalue weighted by atomic mass is 32.2. The number of hydrogen-bond acceptors (Lipinski definition) is 7. The van der Waals surface area contributed by atoms with E-state index in [-0.39, 0.29) is 11.7 Å². The SMILES string of the molecule is CCOc1ccc(NC(=O)CSC2=NC(CC)=NC3=[N+](C)C(=O)N(C)C(=O)C23)cc1. The van der Waals surface area contributed by atoms with E-state index in [0.29, 0.717) is 35.4 Å². The van der Waals surface area contributed by atoms with Gasteiger partial charge in [0.05, 0.1) is 26.5 Å². The second-order valence-electron chi connectivity index (χ2n) is 6.66. The number of imide groups is 1. The predicted molar refractivity (Wildman–Crippen MR) is 117 cm³/mol. The number of rotatable bonds is 6. The predicted octanol–water partition coefficient (Wildman–Crippen LogP) is 2.23. The maximum Gasteiger partial charge on any atom is 0.445 e. The van der Waals surface area contributed by atoms with Gasteiger partial charge in [0, 0.05) is 12.1 Å². The van der Waals surface area contributed by atoms with Gasteiger partial charge in [-0.1, -0.05) is 23.7 Å². The minimum absolute atomic E-state index is 0.0709. The topological polar surface area (TPSA) is 103 Å². The van der Waals surface area contributed by atoms with Crippen LogP contribution in [0.15, 0.2) is 34.3 Å². The van der Waals surface area contributed by atoms with Crippen LogP contribution in [-0.4, -0.2) is 70.5 Å². The molecule has 1 unspecified atom stereocenters. The summed E-state index contributed by atoms with van der Waals surface area (Å²) in [6, 6.07) is 6.65. The first-order valence-electron chi connectivity index (χ1n) is 9.59. The van der Waals surface area contributed by atoms with Crippen molar-refractivity contribution in [3.63, 3.8) is 0 Å². The summed E-state index contributed by atoms with van der Waals surface area (Å²) in [5.74, 6) is 0.268. The van der Waals surface area contributed by atoms with Crippen LogP contribution in [0, 0.1) is 5.92 Å². The smallest absolute Gasteiger partial charge is 0.445 e. The van der Waals surface area contributed by atoms with Crippen LogP contribution in [0.4, 0.5) is 10.5 Å². The Morgan fingerprint density at radius 3 is 2.57 bits per heavy atom. The molecule has 1 aromatic carbocycles. The Balaban J connectivity index is 1.72. The number of carbonyl (C=O) groups is 3. The van der Waals surface area contributed by atoms with Crippen molar-refractivity contribution in [3.05, 3.63) is 24.3 Å². The van der Waals surface area contributed by atoms with Gasteiger partial charge in [-0.3, -0.25) is 9.59 Å². The van der Waals surface area contributed by atoms with E-state index in [2.05, 4.69) is 15.3 Å². The van der Waals surface area contributed by atoms with E-state index in [4.69, 9.17) is 4.74 Å². The van der Waals surface area contributed by atoms with Crippen LogP contribution in [-0.2, 0) is 9.59 Å². The molecule has 1 N–H and O–H groups in total. The zero-order valence-corrected chi connectivity index (χ0v) is 18.2. The standard InChI is InChI=1S/C20H23N5O4S/c1-5-14-22-17-16(19(27)25(4)20(28)24(17)3)18(23-14)30-11-15(26)21-12-7-9-13(10-8-12)29-6-2/h7-10,16H,5-6,11H2,1-4H3/p+1. The normalized spacial score (nSPS) is 18.7. The van der Waals surface area contributed by atoms with Crippen molar-refractivity contribution < 1.29 is 23.7 Å². The number of carbonyl (C=O) groups excluding carboxylic acids is 3. The monoisotopic (exact) mass is 430 g/mol. The number of amides is 4. The Morgan fingerprint density at radius 1 is 1.23 bits per heavy atom. The fraction of sp³-hybridized carbons (Fsp3) is 0.400. The molecule has 0 aliphatic carbocycles. The maximum atomic E-state index is 12.7. The number of ether oxygens (including phenoxy) is 1. The molecule has 0 radical (unpaired) electrons. The molecule has 10 heteroatoms. The summed E-state index contributed by atoms with van der Waals surface area (Å²) < 4.78 is 6.75. The highest BCUT2D eigenvalue weighted by molar-refractivity contribution is 8.14. The fourth-order valence-corrected chi connectivity index (χ4v) is 3.92. The van der Waals surface area contributed by atoms with Gasteiger partial charge in [0.2, 0.25) is 11.7 Å². The van der Waals surface area contributed by atoms with Crippen molar-refractivity contribution in [2.75, 3.05) is 31.8 Å². The number of fused-ring (bicyclic) bond motifs is 1. The third kappa shape index (κ3) is 4.43. The number of aliphatic imine (C=N–C) groups is 2. The lowest BCUT2D eigenvalue weighted by atomic mass is 10.0. The van der Waals surface area contributed by atoms with E-state index in [1.807, 2.05) is 13.8 Å². The maximum absolute atomic E-state index is 12.7. The van der Waals surface area contributed by atoms with Crippen LogP contribution in [0.1, 0.15) is 20.3 Å². The van der Waals surface area contributed by atoms with Crippen molar-refractivity contribution in [3.8, 4) is 5.75 Å². The molecular formula is C20H24N5O4S+. The fourth-order valence-electron chi connectivity index (χ4n) is 3.03. The molecule has 0 saturated heterocycles. The Bertz CT molecular complexity index is 968. The van der Waals surface area contributed by atoms with Crippen molar-refractivity contribution in [1.29, 1.82) is 0 Å². The van der Waals surface area contributed by atoms with Gasteiger partial charge in [-0.25, -0.2) is 9.79 Å². The molecule has 9 nitrogen and oxygen atoms in total.